The Morgan fingerprint density at radius 2 is 1.33 bits per heavy atom. The van der Waals surface area contributed by atoms with Crippen molar-refractivity contribution >= 4 is 34.0 Å². The lowest BCUT2D eigenvalue weighted by Crippen LogP contribution is -2.20. The topological polar surface area (TPSA) is 8.17 Å². The van der Waals surface area contributed by atoms with Gasteiger partial charge in [-0.3, -0.25) is 0 Å². The van der Waals surface area contributed by atoms with Crippen molar-refractivity contribution < 1.29 is 0 Å². The smallest absolute Gasteiger partial charge is 0.0538 e. The van der Waals surface area contributed by atoms with Crippen molar-refractivity contribution in [1.29, 1.82) is 0 Å². The minimum absolute atomic E-state index is 0.116. The first-order valence-electron chi connectivity index (χ1n) is 17.2. The predicted octanol–water partition coefficient (Wildman–Crippen LogP) is 12.2. The zero-order valence-corrected chi connectivity index (χ0v) is 27.3. The third-order valence-electron chi connectivity index (χ3n) is 11.0. The summed E-state index contributed by atoms with van der Waals surface area (Å²) in [6, 6.07) is 53.6. The fraction of sp³-hybridized carbons (Fsp3) is 0.130. The molecule has 2 atom stereocenters. The van der Waals surface area contributed by atoms with Crippen molar-refractivity contribution in [2.75, 3.05) is 4.90 Å². The zero-order valence-electron chi connectivity index (χ0n) is 27.3. The van der Waals surface area contributed by atoms with Crippen LogP contribution in [-0.2, 0) is 5.41 Å². The summed E-state index contributed by atoms with van der Waals surface area (Å²) in [5.41, 5.74) is 16.8. The van der Waals surface area contributed by atoms with Gasteiger partial charge in [-0.05, 0) is 100 Å². The molecule has 3 aliphatic rings. The van der Waals surface area contributed by atoms with E-state index in [4.69, 9.17) is 0 Å². The fourth-order valence-electron chi connectivity index (χ4n) is 8.68. The average Bonchev–Trinajstić information content (AvgIpc) is 3.81. The van der Waals surface area contributed by atoms with Crippen molar-refractivity contribution in [3.05, 3.63) is 174 Å². The maximum Gasteiger partial charge on any atom is 0.0538 e. The van der Waals surface area contributed by atoms with E-state index in [0.717, 1.165) is 11.4 Å². The van der Waals surface area contributed by atoms with E-state index in [1.807, 2.05) is 0 Å². The van der Waals surface area contributed by atoms with Crippen molar-refractivity contribution in [3.63, 3.8) is 0 Å². The number of rotatable bonds is 5. The molecule has 1 aromatic heterocycles. The van der Waals surface area contributed by atoms with Crippen LogP contribution in [0.1, 0.15) is 48.6 Å². The minimum Gasteiger partial charge on any atom is -0.313 e. The van der Waals surface area contributed by atoms with Crippen LogP contribution in [0.2, 0.25) is 0 Å². The molecule has 0 aliphatic heterocycles. The Balaban J connectivity index is 1.09. The number of allylic oxidation sites excluding steroid dienone is 1. The van der Waals surface area contributed by atoms with Gasteiger partial charge in [-0.1, -0.05) is 117 Å². The molecule has 10 rings (SSSR count). The van der Waals surface area contributed by atoms with Crippen molar-refractivity contribution in [1.82, 2.24) is 4.57 Å². The normalized spacial score (nSPS) is 17.8. The summed E-state index contributed by atoms with van der Waals surface area (Å²) in [7, 11) is 0. The summed E-state index contributed by atoms with van der Waals surface area (Å²) in [5, 5.41) is 1.34. The lowest BCUT2D eigenvalue weighted by Gasteiger charge is -2.32. The van der Waals surface area contributed by atoms with Crippen LogP contribution in [0.5, 0.6) is 0 Å². The molecule has 2 nitrogen and oxygen atoms in total. The van der Waals surface area contributed by atoms with Gasteiger partial charge in [0, 0.05) is 45.0 Å². The third kappa shape index (κ3) is 3.99. The number of nitrogens with zero attached hydrogens (tertiary/aromatic N) is 2. The highest BCUT2D eigenvalue weighted by atomic mass is 15.1. The first-order valence-corrected chi connectivity index (χ1v) is 17.2. The van der Waals surface area contributed by atoms with E-state index in [-0.39, 0.29) is 5.41 Å². The predicted molar refractivity (Wildman–Crippen MR) is 201 cm³/mol. The van der Waals surface area contributed by atoms with Crippen LogP contribution in [-0.4, -0.2) is 4.57 Å². The second kappa shape index (κ2) is 10.2. The number of anilines is 3. The van der Waals surface area contributed by atoms with E-state index in [1.165, 1.54) is 73.3 Å². The molecule has 2 heteroatoms. The lowest BCUT2D eigenvalue weighted by atomic mass is 9.81. The molecule has 1 heterocycles. The van der Waals surface area contributed by atoms with E-state index < -0.39 is 0 Å². The highest BCUT2D eigenvalue weighted by Crippen LogP contribution is 2.56. The lowest BCUT2D eigenvalue weighted by molar-refractivity contribution is 0.661. The van der Waals surface area contributed by atoms with Crippen LogP contribution in [0, 0.1) is 5.92 Å². The van der Waals surface area contributed by atoms with Crippen molar-refractivity contribution in [3.8, 4) is 27.9 Å². The molecule has 2 unspecified atom stereocenters. The number of benzene rings is 6. The van der Waals surface area contributed by atoms with E-state index in [9.17, 15) is 0 Å². The van der Waals surface area contributed by atoms with Crippen LogP contribution >= 0.6 is 0 Å². The van der Waals surface area contributed by atoms with Gasteiger partial charge < -0.3 is 9.47 Å². The molecular formula is C46H36N2. The van der Waals surface area contributed by atoms with E-state index in [1.54, 1.807) is 0 Å². The SMILES string of the molecule is CC1(C)c2ccccc2-c2cccc(N(c3ccccc3)c3ccc(-c4ccc5c(c4)c4c(n5-c5ccccc5)C5CC5C=C4)cc3)c21. The van der Waals surface area contributed by atoms with Gasteiger partial charge in [0.25, 0.3) is 0 Å². The van der Waals surface area contributed by atoms with Crippen LogP contribution < -0.4 is 4.90 Å². The van der Waals surface area contributed by atoms with Gasteiger partial charge in [-0.15, -0.1) is 0 Å². The summed E-state index contributed by atoms with van der Waals surface area (Å²) in [4.78, 5) is 2.44. The van der Waals surface area contributed by atoms with Crippen LogP contribution in [0.25, 0.3) is 44.9 Å². The highest BCUT2D eigenvalue weighted by Gasteiger charge is 2.43. The molecule has 6 aromatic carbocycles. The number of fused-ring (bicyclic) bond motifs is 8. The van der Waals surface area contributed by atoms with Crippen molar-refractivity contribution in [2.45, 2.75) is 31.6 Å². The number of hydrogen-bond donors (Lipinski definition) is 0. The summed E-state index contributed by atoms with van der Waals surface area (Å²) in [6.07, 6.45) is 6.07. The maximum atomic E-state index is 2.52. The Labute approximate surface area is 282 Å². The van der Waals surface area contributed by atoms with Gasteiger partial charge in [0.15, 0.2) is 0 Å². The quantitative estimate of drug-likeness (QED) is 0.187. The third-order valence-corrected chi connectivity index (χ3v) is 11.0. The Bertz CT molecular complexity index is 2390. The highest BCUT2D eigenvalue weighted by molar-refractivity contribution is 5.97. The number of para-hydroxylation sites is 2. The van der Waals surface area contributed by atoms with Gasteiger partial charge in [-0.2, -0.15) is 0 Å². The molecule has 0 radical (unpaired) electrons. The van der Waals surface area contributed by atoms with E-state index >= 15 is 0 Å². The Morgan fingerprint density at radius 1 is 0.646 bits per heavy atom. The summed E-state index contributed by atoms with van der Waals surface area (Å²) < 4.78 is 2.52. The second-order valence-electron chi connectivity index (χ2n) is 14.2. The first-order chi connectivity index (χ1) is 23.6. The van der Waals surface area contributed by atoms with Crippen molar-refractivity contribution in [2.24, 2.45) is 5.92 Å². The molecule has 3 aliphatic carbocycles. The fourth-order valence-corrected chi connectivity index (χ4v) is 8.68. The Hall–Kier alpha value is -5.60. The monoisotopic (exact) mass is 616 g/mol. The summed E-state index contributed by atoms with van der Waals surface area (Å²) in [5.74, 6) is 1.32. The number of aromatic nitrogens is 1. The molecule has 48 heavy (non-hydrogen) atoms. The molecule has 0 N–H and O–H groups in total. The molecule has 230 valence electrons. The van der Waals surface area contributed by atoms with Gasteiger partial charge in [0.1, 0.15) is 0 Å². The van der Waals surface area contributed by atoms with Gasteiger partial charge in [-0.25, -0.2) is 0 Å². The minimum atomic E-state index is -0.116. The first kappa shape index (κ1) is 27.5. The zero-order chi connectivity index (χ0) is 32.0. The van der Waals surface area contributed by atoms with Crippen LogP contribution in [0.3, 0.4) is 0 Å². The molecule has 7 aromatic rings. The van der Waals surface area contributed by atoms with E-state index in [2.05, 4.69) is 181 Å². The molecule has 0 amide bonds. The average molecular weight is 617 g/mol. The van der Waals surface area contributed by atoms with Gasteiger partial charge >= 0.3 is 0 Å². The van der Waals surface area contributed by atoms with E-state index in [0.29, 0.717) is 11.8 Å². The standard InChI is InChI=1S/C46H36N2/c1-46(2)41-18-10-9-16-36(41)37-17-11-19-43(44(37)46)47(33-12-5-3-6-13-33)35-24-20-30(21-25-35)31-23-27-42-40(28-31)38-26-22-32-29-39(32)45(38)48(42)34-14-7-4-8-15-34/h3-28,32,39H,29H2,1-2H3. The molecular weight excluding hydrogens is 581 g/mol. The molecule has 0 bridgehead atoms. The second-order valence-corrected chi connectivity index (χ2v) is 14.2. The molecule has 1 saturated carbocycles. The Kier molecular flexibility index (Phi) is 5.84. The van der Waals surface area contributed by atoms with Gasteiger partial charge in [0.05, 0.1) is 11.2 Å². The summed E-state index contributed by atoms with van der Waals surface area (Å²) in [6.45, 7) is 4.73. The molecule has 0 saturated heterocycles. The molecule has 0 spiro atoms. The number of hydrogen-bond acceptors (Lipinski definition) is 1. The molecule has 1 fully saturated rings. The van der Waals surface area contributed by atoms with Crippen LogP contribution in [0.4, 0.5) is 17.1 Å². The van der Waals surface area contributed by atoms with Gasteiger partial charge in [0.2, 0.25) is 0 Å². The maximum absolute atomic E-state index is 2.52. The largest absolute Gasteiger partial charge is 0.313 e. The summed E-state index contributed by atoms with van der Waals surface area (Å²) >= 11 is 0. The Morgan fingerprint density at radius 3 is 2.15 bits per heavy atom. The van der Waals surface area contributed by atoms with Crippen LogP contribution in [0.15, 0.2) is 152 Å².